The second-order valence-electron chi connectivity index (χ2n) is 4.25. The van der Waals surface area contributed by atoms with Gasteiger partial charge in [0.25, 0.3) is 0 Å². The van der Waals surface area contributed by atoms with Gasteiger partial charge in [-0.2, -0.15) is 0 Å². The molecule has 5 heteroatoms. The van der Waals surface area contributed by atoms with Gasteiger partial charge in [-0.3, -0.25) is 5.01 Å². The molecule has 1 aromatic rings. The van der Waals surface area contributed by atoms with Crippen molar-refractivity contribution >= 4 is 11.7 Å². The Hall–Kier alpha value is -1.91. The Kier molecular flexibility index (Phi) is 5.30. The summed E-state index contributed by atoms with van der Waals surface area (Å²) >= 11 is 0. The molecule has 0 heterocycles. The first-order chi connectivity index (χ1) is 8.54. The van der Waals surface area contributed by atoms with Gasteiger partial charge in [-0.25, -0.2) is 4.79 Å². The van der Waals surface area contributed by atoms with Gasteiger partial charge in [-0.15, -0.1) is 5.11 Å². The first-order valence-electron chi connectivity index (χ1n) is 6.02. The molecule has 1 aromatic carbocycles. The highest BCUT2D eigenvalue weighted by Gasteiger charge is 2.05. The number of nitrogens with zero attached hydrogens (tertiary/aromatic N) is 3. The summed E-state index contributed by atoms with van der Waals surface area (Å²) in [6.07, 6.45) is 2.17. The lowest BCUT2D eigenvalue weighted by Crippen LogP contribution is -2.22. The molecule has 0 radical (unpaired) electrons. The summed E-state index contributed by atoms with van der Waals surface area (Å²) in [4.78, 5) is 10.7. The predicted molar refractivity (Wildman–Crippen MR) is 70.1 cm³/mol. The van der Waals surface area contributed by atoms with E-state index in [2.05, 4.69) is 24.2 Å². The van der Waals surface area contributed by atoms with Crippen molar-refractivity contribution < 1.29 is 9.90 Å². The number of aromatic carboxylic acids is 1. The first-order valence-corrected chi connectivity index (χ1v) is 6.02. The number of carbonyl (C=O) groups is 1. The minimum atomic E-state index is -0.938. The predicted octanol–water partition coefficient (Wildman–Crippen LogP) is 3.50. The smallest absolute Gasteiger partial charge is 0.335 e. The molecule has 5 nitrogen and oxygen atoms in total. The zero-order chi connectivity index (χ0) is 13.5. The molecular formula is C13H19N3O2. The van der Waals surface area contributed by atoms with Crippen LogP contribution in [0.1, 0.15) is 37.0 Å². The van der Waals surface area contributed by atoms with Crippen molar-refractivity contribution in [3.05, 3.63) is 29.8 Å². The first kappa shape index (κ1) is 14.2. The highest BCUT2D eigenvalue weighted by Crippen LogP contribution is 2.15. The number of hydrogen-bond acceptors (Lipinski definition) is 3. The summed E-state index contributed by atoms with van der Waals surface area (Å²) in [5.74, 6) is -0.938. The summed E-state index contributed by atoms with van der Waals surface area (Å²) in [5, 5.41) is 18.7. The Labute approximate surface area is 107 Å². The molecule has 0 amide bonds. The Balaban J connectivity index is 2.64. The Morgan fingerprint density at radius 2 is 2.00 bits per heavy atom. The minimum Gasteiger partial charge on any atom is -0.478 e. The highest BCUT2D eigenvalue weighted by atomic mass is 16.4. The van der Waals surface area contributed by atoms with Crippen molar-refractivity contribution in [2.45, 2.75) is 32.7 Å². The summed E-state index contributed by atoms with van der Waals surface area (Å²) in [6.45, 7) is 4.22. The van der Waals surface area contributed by atoms with E-state index in [0.29, 0.717) is 11.7 Å². The van der Waals surface area contributed by atoms with E-state index in [0.717, 1.165) is 12.8 Å². The van der Waals surface area contributed by atoms with Crippen LogP contribution in [0.3, 0.4) is 0 Å². The largest absolute Gasteiger partial charge is 0.478 e. The fourth-order valence-electron chi connectivity index (χ4n) is 1.49. The van der Waals surface area contributed by atoms with Gasteiger partial charge >= 0.3 is 5.97 Å². The van der Waals surface area contributed by atoms with E-state index in [4.69, 9.17) is 5.11 Å². The maximum atomic E-state index is 10.7. The molecule has 98 valence electrons. The van der Waals surface area contributed by atoms with Gasteiger partial charge in [0.15, 0.2) is 0 Å². The van der Waals surface area contributed by atoms with Crippen molar-refractivity contribution in [2.24, 2.45) is 10.3 Å². The molecule has 0 aliphatic carbocycles. The molecule has 0 saturated carbocycles. The lowest BCUT2D eigenvalue weighted by atomic mass is 10.2. The maximum absolute atomic E-state index is 10.7. The molecule has 1 rings (SSSR count). The van der Waals surface area contributed by atoms with Crippen LogP contribution in [0, 0.1) is 0 Å². The number of benzene rings is 1. The molecule has 1 unspecified atom stereocenters. The second kappa shape index (κ2) is 6.74. The van der Waals surface area contributed by atoms with Gasteiger partial charge in [0.05, 0.1) is 11.3 Å². The van der Waals surface area contributed by atoms with E-state index >= 15 is 0 Å². The lowest BCUT2D eigenvalue weighted by molar-refractivity contribution is 0.0697. The highest BCUT2D eigenvalue weighted by molar-refractivity contribution is 5.87. The molecule has 0 aliphatic rings. The zero-order valence-electron chi connectivity index (χ0n) is 11.0. The van der Waals surface area contributed by atoms with Gasteiger partial charge < -0.3 is 5.11 Å². The van der Waals surface area contributed by atoms with Gasteiger partial charge in [-0.1, -0.05) is 18.6 Å². The van der Waals surface area contributed by atoms with Crippen molar-refractivity contribution in [3.63, 3.8) is 0 Å². The standard InChI is InChI=1S/C13H19N3O2/c1-4-5-10(2)16(3)15-14-12-8-6-11(7-9-12)13(17)18/h6-10H,4-5H2,1-3H3,(H,17,18). The Morgan fingerprint density at radius 1 is 1.39 bits per heavy atom. The minimum absolute atomic E-state index is 0.252. The average molecular weight is 249 g/mol. The van der Waals surface area contributed by atoms with Gasteiger partial charge in [0.1, 0.15) is 0 Å². The molecule has 0 aromatic heterocycles. The quantitative estimate of drug-likeness (QED) is 0.619. The van der Waals surface area contributed by atoms with Crippen molar-refractivity contribution in [2.75, 3.05) is 7.05 Å². The van der Waals surface area contributed by atoms with Crippen LogP contribution in [0.4, 0.5) is 5.69 Å². The van der Waals surface area contributed by atoms with Crippen LogP contribution >= 0.6 is 0 Å². The third-order valence-electron chi connectivity index (χ3n) is 2.76. The summed E-state index contributed by atoms with van der Waals surface area (Å²) in [6, 6.07) is 6.67. The van der Waals surface area contributed by atoms with E-state index in [9.17, 15) is 4.79 Å². The van der Waals surface area contributed by atoms with Crippen LogP contribution < -0.4 is 0 Å². The van der Waals surface area contributed by atoms with Crippen molar-refractivity contribution in [3.8, 4) is 0 Å². The van der Waals surface area contributed by atoms with Gasteiger partial charge in [-0.05, 0) is 37.6 Å². The Morgan fingerprint density at radius 3 is 2.50 bits per heavy atom. The van der Waals surface area contributed by atoms with E-state index in [1.54, 1.807) is 12.1 Å². The zero-order valence-corrected chi connectivity index (χ0v) is 11.0. The summed E-state index contributed by atoms with van der Waals surface area (Å²) in [7, 11) is 1.88. The molecule has 0 bridgehead atoms. The molecule has 1 N–H and O–H groups in total. The molecular weight excluding hydrogens is 230 g/mol. The van der Waals surface area contributed by atoms with E-state index in [-0.39, 0.29) is 5.56 Å². The fraction of sp³-hybridized carbons (Fsp3) is 0.462. The number of hydrogen-bond donors (Lipinski definition) is 1. The van der Waals surface area contributed by atoms with Crippen LogP contribution in [-0.2, 0) is 0 Å². The van der Waals surface area contributed by atoms with Crippen LogP contribution in [-0.4, -0.2) is 29.2 Å². The van der Waals surface area contributed by atoms with Crippen LogP contribution in [0.2, 0.25) is 0 Å². The van der Waals surface area contributed by atoms with E-state index in [1.165, 1.54) is 12.1 Å². The summed E-state index contributed by atoms with van der Waals surface area (Å²) < 4.78 is 0. The third-order valence-corrected chi connectivity index (χ3v) is 2.76. The number of carboxylic acids is 1. The third kappa shape index (κ3) is 4.16. The SMILES string of the molecule is CCCC(C)N(C)N=Nc1ccc(C(=O)O)cc1. The molecule has 0 fully saturated rings. The molecule has 0 saturated heterocycles. The Bertz CT molecular complexity index is 415. The topological polar surface area (TPSA) is 65.3 Å². The average Bonchev–Trinajstić information content (AvgIpc) is 2.36. The normalized spacial score (nSPS) is 12.6. The monoisotopic (exact) mass is 249 g/mol. The lowest BCUT2D eigenvalue weighted by Gasteiger charge is -2.19. The van der Waals surface area contributed by atoms with Crippen LogP contribution in [0.15, 0.2) is 34.6 Å². The van der Waals surface area contributed by atoms with Crippen molar-refractivity contribution in [1.29, 1.82) is 0 Å². The molecule has 1 atom stereocenters. The van der Waals surface area contributed by atoms with Crippen molar-refractivity contribution in [1.82, 2.24) is 5.01 Å². The van der Waals surface area contributed by atoms with Crippen LogP contribution in [0.25, 0.3) is 0 Å². The number of carboxylic acid groups (broad SMARTS) is 1. The number of rotatable bonds is 6. The van der Waals surface area contributed by atoms with Gasteiger partial charge in [0, 0.05) is 13.1 Å². The molecule has 0 spiro atoms. The van der Waals surface area contributed by atoms with Crippen LogP contribution in [0.5, 0.6) is 0 Å². The van der Waals surface area contributed by atoms with E-state index in [1.807, 2.05) is 12.1 Å². The van der Waals surface area contributed by atoms with Gasteiger partial charge in [0.2, 0.25) is 0 Å². The maximum Gasteiger partial charge on any atom is 0.335 e. The van der Waals surface area contributed by atoms with E-state index < -0.39 is 5.97 Å². The molecule has 0 aliphatic heterocycles. The second-order valence-corrected chi connectivity index (χ2v) is 4.25. The summed E-state index contributed by atoms with van der Waals surface area (Å²) in [5.41, 5.74) is 0.900. The fourth-order valence-corrected chi connectivity index (χ4v) is 1.49. The molecule has 18 heavy (non-hydrogen) atoms.